The van der Waals surface area contributed by atoms with Gasteiger partial charge in [0, 0.05) is 12.1 Å². The first-order valence-corrected chi connectivity index (χ1v) is 8.29. The van der Waals surface area contributed by atoms with Crippen LogP contribution in [-0.2, 0) is 16.1 Å². The second kappa shape index (κ2) is 9.41. The molecule has 0 saturated heterocycles. The van der Waals surface area contributed by atoms with Crippen LogP contribution in [0.3, 0.4) is 0 Å². The Morgan fingerprint density at radius 2 is 2.04 bits per heavy atom. The van der Waals surface area contributed by atoms with Gasteiger partial charge in [-0.15, -0.1) is 0 Å². The smallest absolute Gasteiger partial charge is 0.408 e. The fourth-order valence-electron chi connectivity index (χ4n) is 2.33. The summed E-state index contributed by atoms with van der Waals surface area (Å²) in [6, 6.07) is 10.6. The van der Waals surface area contributed by atoms with Crippen molar-refractivity contribution in [2.45, 2.75) is 32.9 Å². The van der Waals surface area contributed by atoms with Crippen molar-refractivity contribution in [3.8, 4) is 0 Å². The van der Waals surface area contributed by atoms with Crippen molar-refractivity contribution in [1.82, 2.24) is 10.5 Å². The molecule has 2 aromatic rings. The first kappa shape index (κ1) is 19.2. The van der Waals surface area contributed by atoms with Crippen LogP contribution in [0.5, 0.6) is 0 Å². The molecular weight excluding hydrogens is 336 g/mol. The Hall–Kier alpha value is -3.09. The Bertz CT molecular complexity index is 752. The minimum Gasteiger partial charge on any atom is -0.478 e. The molecule has 0 spiro atoms. The molecule has 7 heteroatoms. The fraction of sp³-hybridized carbons (Fsp3) is 0.316. The Balaban J connectivity index is 2.00. The molecule has 7 nitrogen and oxygen atoms in total. The molecule has 0 aliphatic rings. The molecule has 138 valence electrons. The number of hydrogen-bond acceptors (Lipinski definition) is 5. The predicted molar refractivity (Wildman–Crippen MR) is 95.1 cm³/mol. The van der Waals surface area contributed by atoms with Crippen molar-refractivity contribution in [3.05, 3.63) is 59.5 Å². The van der Waals surface area contributed by atoms with Crippen LogP contribution in [0.25, 0.3) is 6.08 Å². The van der Waals surface area contributed by atoms with Crippen molar-refractivity contribution in [2.75, 3.05) is 0 Å². The zero-order chi connectivity index (χ0) is 18.9. The quantitative estimate of drug-likeness (QED) is 0.696. The molecule has 0 fully saturated rings. The van der Waals surface area contributed by atoms with Crippen molar-refractivity contribution in [2.24, 2.45) is 5.92 Å². The number of nitrogens with zero attached hydrogens (tertiary/aromatic N) is 1. The number of aliphatic carboxylic acids is 1. The lowest BCUT2D eigenvalue weighted by atomic mass is 10.0. The van der Waals surface area contributed by atoms with E-state index < -0.39 is 18.1 Å². The molecule has 1 unspecified atom stereocenters. The van der Waals surface area contributed by atoms with Crippen LogP contribution < -0.4 is 5.32 Å². The van der Waals surface area contributed by atoms with E-state index in [2.05, 4.69) is 10.5 Å². The monoisotopic (exact) mass is 358 g/mol. The predicted octanol–water partition coefficient (Wildman–Crippen LogP) is 3.79. The molecule has 0 saturated carbocycles. The van der Waals surface area contributed by atoms with Gasteiger partial charge in [0.25, 0.3) is 0 Å². The van der Waals surface area contributed by atoms with Crippen molar-refractivity contribution in [3.63, 3.8) is 0 Å². The molecule has 2 N–H and O–H groups in total. The first-order chi connectivity index (χ1) is 12.4. The molecule has 0 aliphatic carbocycles. The van der Waals surface area contributed by atoms with Gasteiger partial charge in [-0.2, -0.15) is 0 Å². The van der Waals surface area contributed by atoms with Gasteiger partial charge in [0.1, 0.15) is 12.3 Å². The van der Waals surface area contributed by atoms with E-state index in [0.29, 0.717) is 23.8 Å². The van der Waals surface area contributed by atoms with Crippen LogP contribution in [0, 0.1) is 5.92 Å². The van der Waals surface area contributed by atoms with Gasteiger partial charge in [0.2, 0.25) is 0 Å². The van der Waals surface area contributed by atoms with Crippen LogP contribution in [0.15, 0.2) is 47.0 Å². The lowest BCUT2D eigenvalue weighted by Crippen LogP contribution is -2.30. The SMILES string of the molecule is CC(C)CC(NC(=O)OCc1ccccc1)c1cc(/C=C/C(=O)O)on1. The highest BCUT2D eigenvalue weighted by molar-refractivity contribution is 5.84. The fourth-order valence-corrected chi connectivity index (χ4v) is 2.33. The van der Waals surface area contributed by atoms with Crippen molar-refractivity contribution >= 4 is 18.1 Å². The Kier molecular flexibility index (Phi) is 6.96. The largest absolute Gasteiger partial charge is 0.478 e. The lowest BCUT2D eigenvalue weighted by Gasteiger charge is -2.18. The third-order valence-electron chi connectivity index (χ3n) is 3.51. The highest BCUT2D eigenvalue weighted by atomic mass is 16.5. The van der Waals surface area contributed by atoms with Crippen molar-refractivity contribution in [1.29, 1.82) is 0 Å². The maximum Gasteiger partial charge on any atom is 0.408 e. The first-order valence-electron chi connectivity index (χ1n) is 8.29. The summed E-state index contributed by atoms with van der Waals surface area (Å²) in [4.78, 5) is 22.7. The number of amides is 1. The van der Waals surface area contributed by atoms with Gasteiger partial charge in [-0.3, -0.25) is 0 Å². The third kappa shape index (κ3) is 6.43. The molecule has 1 amide bonds. The second-order valence-electron chi connectivity index (χ2n) is 6.21. The topological polar surface area (TPSA) is 102 Å². The Labute approximate surface area is 151 Å². The molecule has 0 aliphatic heterocycles. The minimum absolute atomic E-state index is 0.173. The molecule has 1 aromatic heterocycles. The summed E-state index contributed by atoms with van der Waals surface area (Å²) in [7, 11) is 0. The summed E-state index contributed by atoms with van der Waals surface area (Å²) in [5, 5.41) is 15.4. The van der Waals surface area contributed by atoms with E-state index in [-0.39, 0.29) is 6.61 Å². The number of carboxylic acids is 1. The molecule has 26 heavy (non-hydrogen) atoms. The Morgan fingerprint density at radius 1 is 1.31 bits per heavy atom. The molecule has 1 aromatic carbocycles. The molecular formula is C19H22N2O5. The summed E-state index contributed by atoms with van der Waals surface area (Å²) >= 11 is 0. The summed E-state index contributed by atoms with van der Waals surface area (Å²) < 4.78 is 10.3. The van der Waals surface area contributed by atoms with Gasteiger partial charge < -0.3 is 19.7 Å². The zero-order valence-corrected chi connectivity index (χ0v) is 14.7. The van der Waals surface area contributed by atoms with Crippen LogP contribution in [-0.4, -0.2) is 22.3 Å². The highest BCUT2D eigenvalue weighted by Crippen LogP contribution is 2.22. The van der Waals surface area contributed by atoms with E-state index in [4.69, 9.17) is 14.4 Å². The van der Waals surface area contributed by atoms with Gasteiger partial charge in [-0.1, -0.05) is 49.3 Å². The van der Waals surface area contributed by atoms with Crippen LogP contribution >= 0.6 is 0 Å². The summed E-state index contributed by atoms with van der Waals surface area (Å²) in [5.41, 5.74) is 1.41. The zero-order valence-electron chi connectivity index (χ0n) is 14.7. The van der Waals surface area contributed by atoms with E-state index in [1.54, 1.807) is 6.07 Å². The van der Waals surface area contributed by atoms with E-state index in [1.807, 2.05) is 44.2 Å². The maximum absolute atomic E-state index is 12.1. The maximum atomic E-state index is 12.1. The standard InChI is InChI=1S/C19H22N2O5/c1-13(2)10-16(17-11-15(26-21-17)8-9-18(22)23)20-19(24)25-12-14-6-4-3-5-7-14/h3-9,11,13,16H,10,12H2,1-2H3,(H,20,24)(H,22,23)/b9-8+. The number of hydrogen-bond donors (Lipinski definition) is 2. The number of carboxylic acid groups (broad SMARTS) is 1. The normalized spacial score (nSPS) is 12.3. The molecule has 1 heterocycles. The van der Waals surface area contributed by atoms with Gasteiger partial charge in [-0.25, -0.2) is 9.59 Å². The summed E-state index contributed by atoms with van der Waals surface area (Å²) in [5.74, 6) is -0.482. The van der Waals surface area contributed by atoms with Crippen LogP contribution in [0.1, 0.15) is 43.3 Å². The lowest BCUT2D eigenvalue weighted by molar-refractivity contribution is -0.131. The number of ether oxygens (including phenoxy) is 1. The summed E-state index contributed by atoms with van der Waals surface area (Å²) in [6.45, 7) is 4.22. The second-order valence-corrected chi connectivity index (χ2v) is 6.21. The number of nitrogens with one attached hydrogen (secondary N) is 1. The van der Waals surface area contributed by atoms with E-state index in [0.717, 1.165) is 11.6 Å². The van der Waals surface area contributed by atoms with Crippen molar-refractivity contribution < 1.29 is 24.0 Å². The molecule has 0 radical (unpaired) electrons. The number of rotatable bonds is 8. The van der Waals surface area contributed by atoms with Gasteiger partial charge >= 0.3 is 12.1 Å². The number of benzene rings is 1. The number of aromatic nitrogens is 1. The molecule has 0 bridgehead atoms. The number of carbonyl (C=O) groups is 2. The average molecular weight is 358 g/mol. The van der Waals surface area contributed by atoms with Crippen LogP contribution in [0.2, 0.25) is 0 Å². The van der Waals surface area contributed by atoms with Gasteiger partial charge in [0.05, 0.1) is 6.04 Å². The highest BCUT2D eigenvalue weighted by Gasteiger charge is 2.20. The minimum atomic E-state index is -1.08. The Morgan fingerprint density at radius 3 is 2.69 bits per heavy atom. The van der Waals surface area contributed by atoms with E-state index in [9.17, 15) is 9.59 Å². The third-order valence-corrected chi connectivity index (χ3v) is 3.51. The van der Waals surface area contributed by atoms with Gasteiger partial charge in [0.15, 0.2) is 5.76 Å². The van der Waals surface area contributed by atoms with Crippen LogP contribution in [0.4, 0.5) is 4.79 Å². The van der Waals surface area contributed by atoms with E-state index in [1.165, 1.54) is 6.08 Å². The molecule has 2 rings (SSSR count). The summed E-state index contributed by atoms with van der Waals surface area (Å²) in [6.07, 6.45) is 2.35. The number of alkyl carbamates (subject to hydrolysis) is 1. The molecule has 1 atom stereocenters. The average Bonchev–Trinajstić information content (AvgIpc) is 3.07. The number of carbonyl (C=O) groups excluding carboxylic acids is 1. The van der Waals surface area contributed by atoms with E-state index >= 15 is 0 Å². The van der Waals surface area contributed by atoms with Gasteiger partial charge in [-0.05, 0) is 24.0 Å².